The van der Waals surface area contributed by atoms with E-state index in [1.165, 1.54) is 0 Å². The quantitative estimate of drug-likeness (QED) is 0.441. The summed E-state index contributed by atoms with van der Waals surface area (Å²) in [5.41, 5.74) is 0. The summed E-state index contributed by atoms with van der Waals surface area (Å²) in [6, 6.07) is 0. The van der Waals surface area contributed by atoms with Crippen LogP contribution < -0.4 is 5.90 Å². The molecule has 0 aromatic rings. The summed E-state index contributed by atoms with van der Waals surface area (Å²) in [6.07, 6.45) is -8.86. The van der Waals surface area contributed by atoms with Gasteiger partial charge in [-0.25, -0.2) is 5.90 Å². The van der Waals surface area contributed by atoms with E-state index in [2.05, 4.69) is 4.84 Å². The molecule has 1 saturated carbocycles. The molecule has 2 nitrogen and oxygen atoms in total. The van der Waals surface area contributed by atoms with Crippen molar-refractivity contribution in [1.82, 2.24) is 0 Å². The average Bonchev–Trinajstić information content (AvgIpc) is 2.24. The molecular formula is C13H21F6NO. The van der Waals surface area contributed by atoms with E-state index in [1.54, 1.807) is 0 Å². The summed E-state index contributed by atoms with van der Waals surface area (Å²) in [7, 11) is 0. The van der Waals surface area contributed by atoms with E-state index in [1.807, 2.05) is 0 Å². The van der Waals surface area contributed by atoms with Crippen LogP contribution >= 0.6 is 0 Å². The van der Waals surface area contributed by atoms with Gasteiger partial charge in [0.2, 0.25) is 0 Å². The molecular weight excluding hydrogens is 300 g/mol. The summed E-state index contributed by atoms with van der Waals surface area (Å²) < 4.78 is 74.9. The number of hydrogen-bond acceptors (Lipinski definition) is 2. The molecule has 0 aromatic heterocycles. The van der Waals surface area contributed by atoms with Gasteiger partial charge < -0.3 is 4.84 Å². The molecule has 0 bridgehead atoms. The molecule has 0 aliphatic heterocycles. The molecule has 2 atom stereocenters. The second-order valence-electron chi connectivity index (χ2n) is 5.96. The number of nitrogens with two attached hydrogens (primary N) is 1. The Morgan fingerprint density at radius 3 is 1.62 bits per heavy atom. The topological polar surface area (TPSA) is 35.2 Å². The Balaban J connectivity index is 2.59. The number of hydrogen-bond donors (Lipinski definition) is 1. The molecule has 0 spiro atoms. The van der Waals surface area contributed by atoms with Crippen LogP contribution in [0.1, 0.15) is 44.9 Å². The Labute approximate surface area is 120 Å². The first-order valence-corrected chi connectivity index (χ1v) is 7.04. The average molecular weight is 321 g/mol. The SMILES string of the molecule is NOCCCC1CC(CC(F)(F)F)CC(CC(F)(F)F)C1. The van der Waals surface area contributed by atoms with Crippen LogP contribution in [-0.2, 0) is 4.84 Å². The van der Waals surface area contributed by atoms with Crippen molar-refractivity contribution in [2.24, 2.45) is 23.7 Å². The van der Waals surface area contributed by atoms with E-state index in [0.29, 0.717) is 25.7 Å². The molecule has 0 aromatic carbocycles. The molecule has 8 heteroatoms. The lowest BCUT2D eigenvalue weighted by molar-refractivity contribution is -0.160. The van der Waals surface area contributed by atoms with Crippen molar-refractivity contribution in [2.45, 2.75) is 57.3 Å². The van der Waals surface area contributed by atoms with Crippen molar-refractivity contribution in [3.8, 4) is 0 Å². The predicted octanol–water partition coefficient (Wildman–Crippen LogP) is 4.59. The maximum absolute atomic E-state index is 12.5. The first-order valence-electron chi connectivity index (χ1n) is 7.04. The third-order valence-electron chi connectivity index (χ3n) is 3.91. The van der Waals surface area contributed by atoms with Gasteiger partial charge in [0.15, 0.2) is 0 Å². The fourth-order valence-electron chi connectivity index (χ4n) is 3.38. The lowest BCUT2D eigenvalue weighted by Crippen LogP contribution is -2.29. The van der Waals surface area contributed by atoms with Crippen molar-refractivity contribution in [3.63, 3.8) is 0 Å². The molecule has 2 unspecified atom stereocenters. The molecule has 1 fully saturated rings. The molecule has 0 radical (unpaired) electrons. The molecule has 0 heterocycles. The van der Waals surface area contributed by atoms with Gasteiger partial charge in [0.05, 0.1) is 6.61 Å². The zero-order valence-electron chi connectivity index (χ0n) is 11.6. The van der Waals surface area contributed by atoms with Crippen molar-refractivity contribution in [3.05, 3.63) is 0 Å². The molecule has 126 valence electrons. The third-order valence-corrected chi connectivity index (χ3v) is 3.91. The monoisotopic (exact) mass is 321 g/mol. The smallest absolute Gasteiger partial charge is 0.305 e. The zero-order valence-corrected chi connectivity index (χ0v) is 11.6. The van der Waals surface area contributed by atoms with Gasteiger partial charge >= 0.3 is 12.4 Å². The molecule has 1 rings (SSSR count). The van der Waals surface area contributed by atoms with Gasteiger partial charge in [0.1, 0.15) is 0 Å². The van der Waals surface area contributed by atoms with Crippen LogP contribution in [0, 0.1) is 17.8 Å². The third kappa shape index (κ3) is 8.50. The van der Waals surface area contributed by atoms with E-state index in [9.17, 15) is 26.3 Å². The fourth-order valence-corrected chi connectivity index (χ4v) is 3.38. The maximum Gasteiger partial charge on any atom is 0.389 e. The van der Waals surface area contributed by atoms with Gasteiger partial charge in [-0.05, 0) is 49.9 Å². The summed E-state index contributed by atoms with van der Waals surface area (Å²) in [4.78, 5) is 4.39. The fraction of sp³-hybridized carbons (Fsp3) is 1.00. The molecule has 2 N–H and O–H groups in total. The maximum atomic E-state index is 12.5. The second-order valence-corrected chi connectivity index (χ2v) is 5.96. The van der Waals surface area contributed by atoms with Crippen molar-refractivity contribution < 1.29 is 31.2 Å². The highest BCUT2D eigenvalue weighted by atomic mass is 19.4. The lowest BCUT2D eigenvalue weighted by Gasteiger charge is -2.35. The minimum atomic E-state index is -4.32. The minimum Gasteiger partial charge on any atom is -0.305 e. The lowest BCUT2D eigenvalue weighted by atomic mass is 9.71. The highest BCUT2D eigenvalue weighted by Gasteiger charge is 2.40. The Kier molecular flexibility index (Phi) is 6.77. The summed E-state index contributed by atoms with van der Waals surface area (Å²) in [6.45, 7) is 0.268. The standard InChI is InChI=1S/C13H21F6NO/c14-12(15,16)7-10-4-9(2-1-3-21-20)5-11(6-10)8-13(17,18)19/h9-11H,1-8,20H2. The van der Waals surface area contributed by atoms with Gasteiger partial charge in [-0.2, -0.15) is 26.3 Å². The number of alkyl halides is 6. The van der Waals surface area contributed by atoms with Crippen LogP contribution in [0.5, 0.6) is 0 Å². The van der Waals surface area contributed by atoms with Crippen molar-refractivity contribution in [1.29, 1.82) is 0 Å². The van der Waals surface area contributed by atoms with Crippen molar-refractivity contribution >= 4 is 0 Å². The van der Waals surface area contributed by atoms with E-state index >= 15 is 0 Å². The number of rotatable bonds is 6. The molecule has 21 heavy (non-hydrogen) atoms. The van der Waals surface area contributed by atoms with E-state index < -0.39 is 37.0 Å². The van der Waals surface area contributed by atoms with E-state index in [4.69, 9.17) is 5.90 Å². The molecule has 1 aliphatic carbocycles. The Morgan fingerprint density at radius 2 is 1.24 bits per heavy atom. The highest BCUT2D eigenvalue weighted by molar-refractivity contribution is 4.82. The van der Waals surface area contributed by atoms with E-state index in [0.717, 1.165) is 0 Å². The zero-order chi connectivity index (χ0) is 16.1. The first-order chi connectivity index (χ1) is 9.59. The summed E-state index contributed by atoms with van der Waals surface area (Å²) in [5.74, 6) is 3.32. The Morgan fingerprint density at radius 1 is 0.810 bits per heavy atom. The largest absolute Gasteiger partial charge is 0.389 e. The molecule has 0 saturated heterocycles. The highest BCUT2D eigenvalue weighted by Crippen LogP contribution is 2.44. The number of halogens is 6. The van der Waals surface area contributed by atoms with Crippen molar-refractivity contribution in [2.75, 3.05) is 6.61 Å². The summed E-state index contributed by atoms with van der Waals surface area (Å²) >= 11 is 0. The normalized spacial score (nSPS) is 27.9. The first kappa shape index (κ1) is 18.5. The van der Waals surface area contributed by atoms with Gasteiger partial charge in [0, 0.05) is 12.8 Å². The molecule has 0 amide bonds. The predicted molar refractivity (Wildman–Crippen MR) is 65.0 cm³/mol. The Bertz CT molecular complexity index is 280. The van der Waals surface area contributed by atoms with Crippen LogP contribution in [0.4, 0.5) is 26.3 Å². The van der Waals surface area contributed by atoms with Gasteiger partial charge in [-0.3, -0.25) is 0 Å². The van der Waals surface area contributed by atoms with Crippen LogP contribution in [-0.4, -0.2) is 19.0 Å². The van der Waals surface area contributed by atoms with E-state index in [-0.39, 0.29) is 18.9 Å². The second kappa shape index (κ2) is 7.67. The van der Waals surface area contributed by atoms with Crippen LogP contribution in [0.2, 0.25) is 0 Å². The van der Waals surface area contributed by atoms with Gasteiger partial charge in [0.25, 0.3) is 0 Å². The van der Waals surface area contributed by atoms with Gasteiger partial charge in [-0.1, -0.05) is 0 Å². The van der Waals surface area contributed by atoms with Crippen LogP contribution in [0.25, 0.3) is 0 Å². The minimum absolute atomic E-state index is 0.00289. The summed E-state index contributed by atoms with van der Waals surface area (Å²) in [5, 5.41) is 0. The van der Waals surface area contributed by atoms with Crippen LogP contribution in [0.15, 0.2) is 0 Å². The molecule has 1 aliphatic rings. The van der Waals surface area contributed by atoms with Crippen LogP contribution in [0.3, 0.4) is 0 Å². The van der Waals surface area contributed by atoms with Gasteiger partial charge in [-0.15, -0.1) is 0 Å². The Hall–Kier alpha value is -0.500.